The van der Waals surface area contributed by atoms with Crippen LogP contribution in [0.4, 0.5) is 4.39 Å². The highest BCUT2D eigenvalue weighted by Crippen LogP contribution is 2.55. The molecular formula is C27H34FN3O3S. The molecule has 7 rings (SSSR count). The van der Waals surface area contributed by atoms with Gasteiger partial charge in [-0.05, 0) is 100.0 Å². The van der Waals surface area contributed by atoms with Crippen LogP contribution in [0.25, 0.3) is 0 Å². The molecule has 2 aliphatic heterocycles. The Kier molecular flexibility index (Phi) is 6.16. The lowest BCUT2D eigenvalue weighted by molar-refractivity contribution is -0.136. The Morgan fingerprint density at radius 2 is 1.77 bits per heavy atom. The third-order valence-electron chi connectivity index (χ3n) is 8.98. The Hall–Kier alpha value is -1.93. The Balaban J connectivity index is 1.02. The SMILES string of the molecule is O=C1CCC(N2Cc3c(SCCCCNC45CC6CC(CC(C6)C4)C5)ccc(F)c3C2=O)C(=O)N1. The monoisotopic (exact) mass is 499 g/mol. The molecule has 0 aromatic heterocycles. The molecule has 0 spiro atoms. The van der Waals surface area contributed by atoms with Gasteiger partial charge in [-0.3, -0.25) is 19.7 Å². The number of fused-ring (bicyclic) bond motifs is 1. The number of imide groups is 1. The molecular weight excluding hydrogens is 465 g/mol. The smallest absolute Gasteiger partial charge is 0.258 e. The molecule has 35 heavy (non-hydrogen) atoms. The summed E-state index contributed by atoms with van der Waals surface area (Å²) in [5.41, 5.74) is 1.17. The van der Waals surface area contributed by atoms with Gasteiger partial charge in [-0.1, -0.05) is 0 Å². The maximum atomic E-state index is 14.6. The number of thioether (sulfide) groups is 1. The van der Waals surface area contributed by atoms with Crippen molar-refractivity contribution in [2.45, 2.75) is 87.2 Å². The van der Waals surface area contributed by atoms with E-state index < -0.39 is 23.7 Å². The average molecular weight is 500 g/mol. The van der Waals surface area contributed by atoms with E-state index in [-0.39, 0.29) is 30.9 Å². The number of carbonyl (C=O) groups is 3. The number of halogens is 1. The number of unbranched alkanes of at least 4 members (excludes halogenated alkanes) is 1. The number of amides is 3. The van der Waals surface area contributed by atoms with Gasteiger partial charge in [0, 0.05) is 29.0 Å². The summed E-state index contributed by atoms with van der Waals surface area (Å²) in [4.78, 5) is 39.1. The van der Waals surface area contributed by atoms with Crippen molar-refractivity contribution in [3.8, 4) is 0 Å². The highest BCUT2D eigenvalue weighted by Gasteiger charge is 2.50. The van der Waals surface area contributed by atoms with Crippen molar-refractivity contribution in [2.24, 2.45) is 17.8 Å². The van der Waals surface area contributed by atoms with Gasteiger partial charge in [0.15, 0.2) is 0 Å². The molecule has 4 bridgehead atoms. The first-order valence-corrected chi connectivity index (χ1v) is 14.2. The van der Waals surface area contributed by atoms with Gasteiger partial charge < -0.3 is 10.2 Å². The Bertz CT molecular complexity index is 1030. The molecule has 0 radical (unpaired) electrons. The number of nitrogens with one attached hydrogen (secondary N) is 2. The number of nitrogens with zero attached hydrogens (tertiary/aromatic N) is 1. The highest BCUT2D eigenvalue weighted by atomic mass is 32.2. The number of piperidine rings is 1. The maximum absolute atomic E-state index is 14.6. The van der Waals surface area contributed by atoms with Crippen molar-refractivity contribution in [1.29, 1.82) is 0 Å². The van der Waals surface area contributed by atoms with Gasteiger partial charge in [-0.2, -0.15) is 0 Å². The minimum atomic E-state index is -0.722. The summed E-state index contributed by atoms with van der Waals surface area (Å²) in [5, 5.41) is 6.26. The van der Waals surface area contributed by atoms with Crippen LogP contribution < -0.4 is 10.6 Å². The van der Waals surface area contributed by atoms with E-state index in [1.165, 1.54) is 49.5 Å². The quantitative estimate of drug-likeness (QED) is 0.321. The van der Waals surface area contributed by atoms with Crippen LogP contribution in [0, 0.1) is 23.6 Å². The number of carbonyl (C=O) groups excluding carboxylic acids is 3. The van der Waals surface area contributed by atoms with Crippen LogP contribution in [-0.2, 0) is 16.1 Å². The van der Waals surface area contributed by atoms with Crippen molar-refractivity contribution in [3.05, 3.63) is 29.1 Å². The second-order valence-corrected chi connectivity index (χ2v) is 12.6. The maximum Gasteiger partial charge on any atom is 0.258 e. The van der Waals surface area contributed by atoms with Crippen LogP contribution in [0.5, 0.6) is 0 Å². The van der Waals surface area contributed by atoms with E-state index in [1.807, 2.05) is 0 Å². The van der Waals surface area contributed by atoms with Crippen LogP contribution >= 0.6 is 11.8 Å². The van der Waals surface area contributed by atoms with Crippen molar-refractivity contribution < 1.29 is 18.8 Å². The molecule has 6 nitrogen and oxygen atoms in total. The van der Waals surface area contributed by atoms with Crippen LogP contribution in [0.3, 0.4) is 0 Å². The molecule has 4 aliphatic carbocycles. The number of hydrogen-bond acceptors (Lipinski definition) is 5. The van der Waals surface area contributed by atoms with Crippen molar-refractivity contribution in [3.63, 3.8) is 0 Å². The number of rotatable bonds is 8. The summed E-state index contributed by atoms with van der Waals surface area (Å²) in [6.07, 6.45) is 11.1. The third-order valence-corrected chi connectivity index (χ3v) is 10.2. The zero-order chi connectivity index (χ0) is 24.2. The number of benzene rings is 1. The zero-order valence-electron chi connectivity index (χ0n) is 20.1. The van der Waals surface area contributed by atoms with Crippen molar-refractivity contribution >= 4 is 29.5 Å². The van der Waals surface area contributed by atoms with Crippen molar-refractivity contribution in [1.82, 2.24) is 15.5 Å². The summed E-state index contributed by atoms with van der Waals surface area (Å²) in [6.45, 7) is 1.27. The topological polar surface area (TPSA) is 78.5 Å². The molecule has 2 heterocycles. The summed E-state index contributed by atoms with van der Waals surface area (Å²) >= 11 is 1.67. The van der Waals surface area contributed by atoms with Gasteiger partial charge in [0.1, 0.15) is 11.9 Å². The van der Waals surface area contributed by atoms with Gasteiger partial charge in [0.05, 0.1) is 5.56 Å². The molecule has 1 aromatic carbocycles. The van der Waals surface area contributed by atoms with E-state index >= 15 is 0 Å². The molecule has 4 saturated carbocycles. The molecule has 1 aromatic rings. The van der Waals surface area contributed by atoms with Gasteiger partial charge in [0.25, 0.3) is 5.91 Å². The molecule has 3 amide bonds. The Morgan fingerprint density at radius 3 is 2.46 bits per heavy atom. The fourth-order valence-electron chi connectivity index (χ4n) is 7.83. The second kappa shape index (κ2) is 9.18. The lowest BCUT2D eigenvalue weighted by Crippen LogP contribution is -2.58. The summed E-state index contributed by atoms with van der Waals surface area (Å²) in [6, 6.07) is 2.40. The van der Waals surface area contributed by atoms with Gasteiger partial charge >= 0.3 is 0 Å². The van der Waals surface area contributed by atoms with Crippen LogP contribution in [-0.4, -0.2) is 46.5 Å². The van der Waals surface area contributed by atoms with E-state index in [0.717, 1.165) is 47.8 Å². The lowest BCUT2D eigenvalue weighted by atomic mass is 9.53. The summed E-state index contributed by atoms with van der Waals surface area (Å²) in [7, 11) is 0. The average Bonchev–Trinajstić information content (AvgIpc) is 3.14. The molecule has 5 fully saturated rings. The fraction of sp³-hybridized carbons (Fsp3) is 0.667. The summed E-state index contributed by atoms with van der Waals surface area (Å²) in [5.74, 6) is 1.98. The molecule has 1 unspecified atom stereocenters. The first-order chi connectivity index (χ1) is 16.9. The van der Waals surface area contributed by atoms with Crippen LogP contribution in [0.1, 0.15) is 80.1 Å². The van der Waals surface area contributed by atoms with Gasteiger partial charge in [-0.15, -0.1) is 11.8 Å². The summed E-state index contributed by atoms with van der Waals surface area (Å²) < 4.78 is 14.6. The Labute approximate surface area is 210 Å². The first-order valence-electron chi connectivity index (χ1n) is 13.2. The fourth-order valence-corrected chi connectivity index (χ4v) is 8.90. The molecule has 8 heteroatoms. The minimum absolute atomic E-state index is 0.0863. The highest BCUT2D eigenvalue weighted by molar-refractivity contribution is 7.99. The number of hydrogen-bond donors (Lipinski definition) is 2. The predicted octanol–water partition coefficient (Wildman–Crippen LogP) is 4.02. The van der Waals surface area contributed by atoms with Crippen LogP contribution in [0.2, 0.25) is 0 Å². The van der Waals surface area contributed by atoms with Gasteiger partial charge in [0.2, 0.25) is 11.8 Å². The predicted molar refractivity (Wildman–Crippen MR) is 131 cm³/mol. The van der Waals surface area contributed by atoms with Crippen LogP contribution in [0.15, 0.2) is 17.0 Å². The molecule has 6 aliphatic rings. The molecule has 1 saturated heterocycles. The Morgan fingerprint density at radius 1 is 1.06 bits per heavy atom. The minimum Gasteiger partial charge on any atom is -0.322 e. The standard InChI is InChI=1S/C27H34FN3O3S/c28-20-3-5-22(19-15-31(26(34)24(19)20)21-4-6-23(32)30-25(21)33)35-8-2-1-7-29-27-12-16-9-17(13-27)11-18(10-16)14-27/h3,5,16-18,21,29H,1-2,4,6-15H2,(H,30,32,33). The van der Waals surface area contributed by atoms with E-state index in [0.29, 0.717) is 11.1 Å². The molecule has 2 N–H and O–H groups in total. The van der Waals surface area contributed by atoms with E-state index in [2.05, 4.69) is 10.6 Å². The molecule has 188 valence electrons. The van der Waals surface area contributed by atoms with E-state index in [4.69, 9.17) is 0 Å². The molecule has 1 atom stereocenters. The van der Waals surface area contributed by atoms with Crippen molar-refractivity contribution in [2.75, 3.05) is 12.3 Å². The van der Waals surface area contributed by atoms with E-state index in [1.54, 1.807) is 17.8 Å². The second-order valence-electron chi connectivity index (χ2n) is 11.5. The lowest BCUT2D eigenvalue weighted by Gasteiger charge is -2.57. The third kappa shape index (κ3) is 4.41. The van der Waals surface area contributed by atoms with E-state index in [9.17, 15) is 18.8 Å². The zero-order valence-corrected chi connectivity index (χ0v) is 20.9. The van der Waals surface area contributed by atoms with Gasteiger partial charge in [-0.25, -0.2) is 4.39 Å². The first kappa shape index (κ1) is 23.5. The normalized spacial score (nSPS) is 33.4. The largest absolute Gasteiger partial charge is 0.322 e.